The lowest BCUT2D eigenvalue weighted by Crippen LogP contribution is -2.22. The lowest BCUT2D eigenvalue weighted by atomic mass is 9.97. The van der Waals surface area contributed by atoms with Gasteiger partial charge < -0.3 is 9.47 Å². The molecule has 0 N–H and O–H groups in total. The van der Waals surface area contributed by atoms with Crippen LogP contribution < -0.4 is 4.74 Å². The van der Waals surface area contributed by atoms with Gasteiger partial charge in [0.2, 0.25) is 0 Å². The molecule has 0 atom stereocenters. The van der Waals surface area contributed by atoms with Gasteiger partial charge in [0.15, 0.2) is 0 Å². The summed E-state index contributed by atoms with van der Waals surface area (Å²) in [5.41, 5.74) is 1.88. The number of carbonyl (C=O) groups is 1. The van der Waals surface area contributed by atoms with E-state index in [1.54, 1.807) is 6.20 Å². The van der Waals surface area contributed by atoms with E-state index in [-0.39, 0.29) is 18.0 Å². The molecule has 1 heterocycles. The Hall–Kier alpha value is -2.88. The number of hydrogen-bond donors (Lipinski definition) is 0. The van der Waals surface area contributed by atoms with Crippen molar-refractivity contribution in [2.45, 2.75) is 25.7 Å². The normalized spacial score (nSPS) is 14.7. The van der Waals surface area contributed by atoms with E-state index in [4.69, 9.17) is 9.47 Å². The van der Waals surface area contributed by atoms with Gasteiger partial charge in [-0.25, -0.2) is 0 Å². The van der Waals surface area contributed by atoms with Crippen molar-refractivity contribution in [2.75, 3.05) is 13.2 Å². The Kier molecular flexibility index (Phi) is 5.05. The molecule has 0 radical (unpaired) electrons. The molecule has 1 aliphatic rings. The molecule has 27 heavy (non-hydrogen) atoms. The first kappa shape index (κ1) is 17.5. The highest BCUT2D eigenvalue weighted by Gasteiger charge is 2.50. The number of aromatic nitrogens is 1. The van der Waals surface area contributed by atoms with Crippen LogP contribution in [0.15, 0.2) is 66.9 Å². The molecule has 0 unspecified atom stereocenters. The molecule has 0 bridgehead atoms. The van der Waals surface area contributed by atoms with Crippen molar-refractivity contribution >= 4 is 16.9 Å². The summed E-state index contributed by atoms with van der Waals surface area (Å²) in [5.74, 6) is 0.684. The van der Waals surface area contributed by atoms with Crippen LogP contribution in [-0.4, -0.2) is 24.2 Å². The first-order chi connectivity index (χ1) is 13.3. The van der Waals surface area contributed by atoms with Crippen molar-refractivity contribution in [3.63, 3.8) is 0 Å². The van der Waals surface area contributed by atoms with Gasteiger partial charge in [0, 0.05) is 11.6 Å². The molecule has 138 valence electrons. The summed E-state index contributed by atoms with van der Waals surface area (Å²) >= 11 is 0. The predicted octanol–water partition coefficient (Wildman–Crippen LogP) is 4.57. The quantitative estimate of drug-likeness (QED) is 0.436. The number of fused-ring (bicyclic) bond motifs is 1. The van der Waals surface area contributed by atoms with Gasteiger partial charge >= 0.3 is 5.97 Å². The summed E-state index contributed by atoms with van der Waals surface area (Å²) in [6.07, 6.45) is 5.34. The van der Waals surface area contributed by atoms with E-state index in [2.05, 4.69) is 17.1 Å². The molecule has 4 heteroatoms. The van der Waals surface area contributed by atoms with Gasteiger partial charge in [-0.2, -0.15) is 0 Å². The van der Waals surface area contributed by atoms with Crippen molar-refractivity contribution < 1.29 is 14.3 Å². The van der Waals surface area contributed by atoms with Crippen molar-refractivity contribution in [1.82, 2.24) is 4.98 Å². The van der Waals surface area contributed by atoms with Gasteiger partial charge in [-0.15, -0.1) is 0 Å². The third kappa shape index (κ3) is 4.11. The molecule has 0 aliphatic heterocycles. The highest BCUT2D eigenvalue weighted by molar-refractivity contribution is 5.84. The van der Waals surface area contributed by atoms with E-state index in [0.29, 0.717) is 6.61 Å². The number of hydrogen-bond acceptors (Lipinski definition) is 4. The molecule has 2 aromatic carbocycles. The minimum atomic E-state index is -0.279. The molecule has 1 aromatic heterocycles. The summed E-state index contributed by atoms with van der Waals surface area (Å²) in [7, 11) is 0. The second-order valence-corrected chi connectivity index (χ2v) is 7.08. The number of benzene rings is 2. The maximum atomic E-state index is 12.5. The van der Waals surface area contributed by atoms with Crippen LogP contribution in [0.25, 0.3) is 10.9 Å². The highest BCUT2D eigenvalue weighted by atomic mass is 16.6. The number of esters is 1. The Morgan fingerprint density at radius 2 is 1.74 bits per heavy atom. The Balaban J connectivity index is 1.26. The van der Waals surface area contributed by atoms with Gasteiger partial charge in [-0.3, -0.25) is 9.78 Å². The molecule has 1 fully saturated rings. The van der Waals surface area contributed by atoms with Crippen LogP contribution in [0.3, 0.4) is 0 Å². The molecule has 1 saturated carbocycles. The van der Waals surface area contributed by atoms with Crippen LogP contribution >= 0.6 is 0 Å². The number of ether oxygens (including phenoxy) is 2. The smallest absolute Gasteiger partial charge is 0.312 e. The summed E-state index contributed by atoms with van der Waals surface area (Å²) in [4.78, 5) is 16.8. The van der Waals surface area contributed by atoms with Crippen LogP contribution in [0.1, 0.15) is 24.8 Å². The third-order valence-electron chi connectivity index (χ3n) is 5.20. The largest absolute Gasteiger partial charge is 0.489 e. The van der Waals surface area contributed by atoms with Gasteiger partial charge in [-0.1, -0.05) is 42.5 Å². The third-order valence-corrected chi connectivity index (χ3v) is 5.20. The zero-order valence-electron chi connectivity index (χ0n) is 15.3. The van der Waals surface area contributed by atoms with Crippen LogP contribution in [0.4, 0.5) is 0 Å². The van der Waals surface area contributed by atoms with E-state index < -0.39 is 0 Å². The van der Waals surface area contributed by atoms with E-state index >= 15 is 0 Å². The van der Waals surface area contributed by atoms with Crippen molar-refractivity contribution in [3.8, 4) is 5.75 Å². The Bertz CT molecular complexity index is 914. The lowest BCUT2D eigenvalue weighted by Gasteiger charge is -2.15. The minimum Gasteiger partial charge on any atom is -0.489 e. The molecule has 0 saturated heterocycles. The van der Waals surface area contributed by atoms with Crippen LogP contribution in [-0.2, 0) is 16.0 Å². The van der Waals surface area contributed by atoms with Crippen molar-refractivity contribution in [3.05, 3.63) is 72.4 Å². The first-order valence-electron chi connectivity index (χ1n) is 9.45. The monoisotopic (exact) mass is 361 g/mol. The summed E-state index contributed by atoms with van der Waals surface area (Å²) < 4.78 is 11.3. The van der Waals surface area contributed by atoms with Gasteiger partial charge in [0.25, 0.3) is 0 Å². The zero-order valence-corrected chi connectivity index (χ0v) is 15.3. The van der Waals surface area contributed by atoms with Crippen molar-refractivity contribution in [1.29, 1.82) is 0 Å². The molecular weight excluding hydrogens is 338 g/mol. The SMILES string of the molecule is O=C(OCCOc1ccnc2ccccc12)C1(CCc2ccccc2)CC1. The number of carbonyl (C=O) groups excluding carboxylic acids is 1. The van der Waals surface area contributed by atoms with E-state index in [9.17, 15) is 4.79 Å². The Morgan fingerprint density at radius 1 is 0.963 bits per heavy atom. The number of rotatable bonds is 8. The fourth-order valence-electron chi connectivity index (χ4n) is 3.37. The van der Waals surface area contributed by atoms with Gasteiger partial charge in [0.05, 0.1) is 10.9 Å². The zero-order chi connectivity index (χ0) is 18.5. The van der Waals surface area contributed by atoms with E-state index in [0.717, 1.165) is 42.3 Å². The lowest BCUT2D eigenvalue weighted by molar-refractivity contribution is -0.151. The van der Waals surface area contributed by atoms with E-state index in [1.165, 1.54) is 5.56 Å². The number of para-hydroxylation sites is 1. The minimum absolute atomic E-state index is 0.0818. The van der Waals surface area contributed by atoms with Gasteiger partial charge in [-0.05, 0) is 49.4 Å². The van der Waals surface area contributed by atoms with Gasteiger partial charge in [0.1, 0.15) is 19.0 Å². The predicted molar refractivity (Wildman–Crippen MR) is 105 cm³/mol. The second-order valence-electron chi connectivity index (χ2n) is 7.08. The molecular formula is C23H23NO3. The first-order valence-corrected chi connectivity index (χ1v) is 9.45. The molecule has 3 aromatic rings. The second kappa shape index (κ2) is 7.78. The molecule has 1 aliphatic carbocycles. The van der Waals surface area contributed by atoms with Crippen LogP contribution in [0.2, 0.25) is 0 Å². The summed E-state index contributed by atoms with van der Waals surface area (Å²) in [6, 6.07) is 20.0. The van der Waals surface area contributed by atoms with Crippen LogP contribution in [0.5, 0.6) is 5.75 Å². The average molecular weight is 361 g/mol. The topological polar surface area (TPSA) is 48.4 Å². The molecule has 4 nitrogen and oxygen atoms in total. The van der Waals surface area contributed by atoms with E-state index in [1.807, 2.05) is 48.5 Å². The average Bonchev–Trinajstić information content (AvgIpc) is 3.52. The maximum absolute atomic E-state index is 12.5. The standard InChI is InChI=1S/C23H23NO3/c25-22(23(13-14-23)12-10-18-6-2-1-3-7-18)27-17-16-26-21-11-15-24-20-9-5-4-8-19(20)21/h1-9,11,15H,10,12-14,16-17H2. The number of aryl methyl sites for hydroxylation is 1. The summed E-state index contributed by atoms with van der Waals surface area (Å²) in [6.45, 7) is 0.608. The Morgan fingerprint density at radius 3 is 2.56 bits per heavy atom. The number of nitrogens with zero attached hydrogens (tertiary/aromatic N) is 1. The fraction of sp³-hybridized carbons (Fsp3) is 0.304. The Labute approximate surface area is 159 Å². The molecule has 0 spiro atoms. The molecule has 0 amide bonds. The number of pyridine rings is 1. The van der Waals surface area contributed by atoms with Crippen LogP contribution in [0, 0.1) is 5.41 Å². The van der Waals surface area contributed by atoms with Crippen molar-refractivity contribution in [2.24, 2.45) is 5.41 Å². The highest BCUT2D eigenvalue weighted by Crippen LogP contribution is 2.50. The molecule has 4 rings (SSSR count). The maximum Gasteiger partial charge on any atom is 0.312 e. The summed E-state index contributed by atoms with van der Waals surface area (Å²) in [5, 5.41) is 0.966. The fourth-order valence-corrected chi connectivity index (χ4v) is 3.37.